The molecular weight excluding hydrogens is 388 g/mol. The van der Waals surface area contributed by atoms with Crippen LogP contribution in [0.4, 0.5) is 0 Å². The van der Waals surface area contributed by atoms with Gasteiger partial charge in [-0.1, -0.05) is 33.6 Å². The van der Waals surface area contributed by atoms with E-state index in [1.54, 1.807) is 6.92 Å². The minimum Gasteiger partial charge on any atom is -0.463 e. The second-order valence-corrected chi connectivity index (χ2v) is 18.7. The number of carbonyl (C=O) groups is 2. The fourth-order valence-corrected chi connectivity index (χ4v) is 12.5. The van der Waals surface area contributed by atoms with Gasteiger partial charge >= 0.3 is 5.97 Å². The van der Waals surface area contributed by atoms with E-state index < -0.39 is 16.6 Å². The maximum absolute atomic E-state index is 11.9. The Hall–Kier alpha value is -0.506. The van der Waals surface area contributed by atoms with Gasteiger partial charge in [0.1, 0.15) is 12.4 Å². The van der Waals surface area contributed by atoms with Gasteiger partial charge in [-0.25, -0.2) is 0 Å². The van der Waals surface area contributed by atoms with Crippen LogP contribution in [0, 0.1) is 5.41 Å². The highest BCUT2D eigenvalue weighted by Gasteiger charge is 2.32. The molecule has 0 aromatic rings. The van der Waals surface area contributed by atoms with E-state index in [4.69, 9.17) is 13.6 Å². The van der Waals surface area contributed by atoms with Crippen LogP contribution in [0.25, 0.3) is 0 Å². The Kier molecular flexibility index (Phi) is 12.7. The Labute approximate surface area is 175 Å². The SMILES string of the molecule is CCCC[Si](C)(C)O[Si](C)(C)CCCOCCOC(=O)CC(C)(C)CC(C)=O. The topological polar surface area (TPSA) is 61.8 Å². The molecule has 0 saturated heterocycles. The highest BCUT2D eigenvalue weighted by molar-refractivity contribution is 6.84. The van der Waals surface area contributed by atoms with Crippen LogP contribution in [0.2, 0.25) is 38.3 Å². The Balaban J connectivity index is 3.91. The van der Waals surface area contributed by atoms with E-state index in [0.717, 1.165) is 12.5 Å². The monoisotopic (exact) mass is 432 g/mol. The van der Waals surface area contributed by atoms with Crippen molar-refractivity contribution in [2.45, 2.75) is 98.1 Å². The van der Waals surface area contributed by atoms with E-state index in [1.807, 2.05) is 13.8 Å². The molecule has 0 aromatic heterocycles. The molecule has 0 radical (unpaired) electrons. The molecule has 0 heterocycles. The summed E-state index contributed by atoms with van der Waals surface area (Å²) in [6, 6.07) is 2.33. The lowest BCUT2D eigenvalue weighted by Crippen LogP contribution is -2.44. The zero-order valence-electron chi connectivity index (χ0n) is 19.6. The molecule has 7 heteroatoms. The molecule has 0 N–H and O–H groups in total. The van der Waals surface area contributed by atoms with Crippen LogP contribution in [-0.2, 0) is 23.2 Å². The first-order chi connectivity index (χ1) is 12.8. The summed E-state index contributed by atoms with van der Waals surface area (Å²) in [7, 11) is -3.19. The Morgan fingerprint density at radius 2 is 1.43 bits per heavy atom. The summed E-state index contributed by atoms with van der Waals surface area (Å²) in [5.41, 5.74) is -0.353. The van der Waals surface area contributed by atoms with Gasteiger partial charge in [0.2, 0.25) is 0 Å². The number of carbonyl (C=O) groups excluding carboxylic acids is 2. The zero-order chi connectivity index (χ0) is 21.8. The summed E-state index contributed by atoms with van der Waals surface area (Å²) in [6.45, 7) is 18.2. The third kappa shape index (κ3) is 15.4. The molecule has 0 unspecified atom stereocenters. The van der Waals surface area contributed by atoms with Crippen molar-refractivity contribution in [3.63, 3.8) is 0 Å². The fourth-order valence-electron chi connectivity index (χ4n) is 3.55. The van der Waals surface area contributed by atoms with E-state index in [2.05, 4.69) is 33.1 Å². The van der Waals surface area contributed by atoms with Crippen molar-refractivity contribution in [1.82, 2.24) is 0 Å². The van der Waals surface area contributed by atoms with Crippen LogP contribution in [-0.4, -0.2) is 48.2 Å². The van der Waals surface area contributed by atoms with Crippen LogP contribution in [0.3, 0.4) is 0 Å². The number of ketones is 1. The van der Waals surface area contributed by atoms with Gasteiger partial charge in [-0.2, -0.15) is 0 Å². The molecule has 0 saturated carbocycles. The van der Waals surface area contributed by atoms with E-state index >= 15 is 0 Å². The largest absolute Gasteiger partial charge is 0.463 e. The number of hydrogen-bond donors (Lipinski definition) is 0. The van der Waals surface area contributed by atoms with Gasteiger partial charge in [-0.15, -0.1) is 0 Å². The van der Waals surface area contributed by atoms with Crippen LogP contribution in [0.5, 0.6) is 0 Å². The predicted molar refractivity (Wildman–Crippen MR) is 121 cm³/mol. The molecule has 0 rings (SSSR count). The molecular formula is C21H44O5Si2. The molecule has 0 spiro atoms. The molecule has 28 heavy (non-hydrogen) atoms. The molecule has 0 atom stereocenters. The molecule has 5 nitrogen and oxygen atoms in total. The number of rotatable bonds is 16. The molecule has 0 aliphatic rings. The summed E-state index contributed by atoms with van der Waals surface area (Å²) in [4.78, 5) is 23.1. The average molecular weight is 433 g/mol. The first kappa shape index (κ1) is 27.5. The lowest BCUT2D eigenvalue weighted by atomic mass is 9.84. The zero-order valence-corrected chi connectivity index (χ0v) is 21.6. The van der Waals surface area contributed by atoms with E-state index in [9.17, 15) is 9.59 Å². The van der Waals surface area contributed by atoms with Crippen molar-refractivity contribution >= 4 is 28.4 Å². The van der Waals surface area contributed by atoms with Crippen LogP contribution in [0.1, 0.15) is 59.8 Å². The highest BCUT2D eigenvalue weighted by Crippen LogP contribution is 2.26. The Morgan fingerprint density at radius 1 is 0.857 bits per heavy atom. The summed E-state index contributed by atoms with van der Waals surface area (Å²) >= 11 is 0. The van der Waals surface area contributed by atoms with E-state index in [1.165, 1.54) is 18.9 Å². The van der Waals surface area contributed by atoms with E-state index in [-0.39, 0.29) is 30.2 Å². The second-order valence-electron chi connectivity index (χ2n) is 9.88. The highest BCUT2D eigenvalue weighted by atomic mass is 28.4. The van der Waals surface area contributed by atoms with Crippen LogP contribution in [0.15, 0.2) is 0 Å². The predicted octanol–water partition coefficient (Wildman–Crippen LogP) is 5.56. The first-order valence-electron chi connectivity index (χ1n) is 10.7. The lowest BCUT2D eigenvalue weighted by molar-refractivity contribution is -0.147. The van der Waals surface area contributed by atoms with Gasteiger partial charge < -0.3 is 18.4 Å². The smallest absolute Gasteiger partial charge is 0.306 e. The molecule has 0 aliphatic carbocycles. The van der Waals surface area contributed by atoms with Gasteiger partial charge in [-0.3, -0.25) is 4.79 Å². The van der Waals surface area contributed by atoms with Crippen molar-refractivity contribution in [2.75, 3.05) is 19.8 Å². The van der Waals surface area contributed by atoms with Crippen molar-refractivity contribution in [2.24, 2.45) is 5.41 Å². The Bertz CT molecular complexity index is 475. The maximum atomic E-state index is 11.9. The van der Waals surface area contributed by atoms with E-state index in [0.29, 0.717) is 19.6 Å². The standard InChI is InChI=1S/C21H44O5Si2/c1-9-10-15-27(5,6)26-28(7,8)16-11-12-24-13-14-25-20(23)18-21(3,4)17-19(2)22/h9-18H2,1-8H3. The van der Waals surface area contributed by atoms with Gasteiger partial charge in [0.15, 0.2) is 16.6 Å². The number of Topliss-reactive ketones (excluding diaryl/α,β-unsaturated/α-hetero) is 1. The Morgan fingerprint density at radius 3 is 1.96 bits per heavy atom. The number of unbranched alkanes of at least 4 members (excludes halogenated alkanes) is 1. The molecule has 0 aliphatic heterocycles. The summed E-state index contributed by atoms with van der Waals surface area (Å²) < 4.78 is 17.4. The minimum absolute atomic E-state index is 0.0907. The molecule has 0 bridgehead atoms. The molecule has 0 fully saturated rings. The number of ether oxygens (including phenoxy) is 2. The van der Waals surface area contributed by atoms with Crippen molar-refractivity contribution in [3.05, 3.63) is 0 Å². The van der Waals surface area contributed by atoms with Gasteiger partial charge in [0.05, 0.1) is 13.0 Å². The average Bonchev–Trinajstić information content (AvgIpc) is 2.49. The van der Waals surface area contributed by atoms with Crippen LogP contribution >= 0.6 is 0 Å². The van der Waals surface area contributed by atoms with Crippen molar-refractivity contribution < 1.29 is 23.2 Å². The van der Waals surface area contributed by atoms with Gasteiger partial charge in [0, 0.05) is 13.0 Å². The summed E-state index contributed by atoms with van der Waals surface area (Å²) in [6.07, 6.45) is 4.11. The van der Waals surface area contributed by atoms with Crippen molar-refractivity contribution in [1.29, 1.82) is 0 Å². The maximum Gasteiger partial charge on any atom is 0.306 e. The summed E-state index contributed by atoms with van der Waals surface area (Å²) in [5.74, 6) is -0.177. The fraction of sp³-hybridized carbons (Fsp3) is 0.905. The molecule has 0 amide bonds. The first-order valence-corrected chi connectivity index (χ1v) is 16.9. The third-order valence-electron chi connectivity index (χ3n) is 4.59. The van der Waals surface area contributed by atoms with Gasteiger partial charge in [-0.05, 0) is 57.0 Å². The van der Waals surface area contributed by atoms with Crippen molar-refractivity contribution in [3.8, 4) is 0 Å². The summed E-state index contributed by atoms with van der Waals surface area (Å²) in [5, 5.41) is 0. The third-order valence-corrected chi connectivity index (χ3v) is 12.1. The normalized spacial score (nSPS) is 12.9. The van der Waals surface area contributed by atoms with Gasteiger partial charge in [0.25, 0.3) is 0 Å². The lowest BCUT2D eigenvalue weighted by Gasteiger charge is -2.34. The number of hydrogen-bond acceptors (Lipinski definition) is 5. The minimum atomic E-state index is -1.65. The quantitative estimate of drug-likeness (QED) is 0.181. The molecule has 166 valence electrons. The second kappa shape index (κ2) is 12.9. The molecule has 0 aromatic carbocycles. The van der Waals surface area contributed by atoms with Crippen LogP contribution < -0.4 is 0 Å². The number of esters is 1.